The van der Waals surface area contributed by atoms with E-state index in [0.29, 0.717) is 0 Å². The lowest BCUT2D eigenvalue weighted by molar-refractivity contribution is 0.827. The number of nitrogens with zero attached hydrogens (tertiary/aromatic N) is 2. The van der Waals surface area contributed by atoms with E-state index in [1.807, 2.05) is 6.92 Å². The number of hydrogen-bond acceptors (Lipinski definition) is 2. The van der Waals surface area contributed by atoms with Gasteiger partial charge in [-0.3, -0.25) is 4.79 Å². The van der Waals surface area contributed by atoms with E-state index < -0.39 is 0 Å². The molecular weight excluding hydrogens is 128 g/mol. The first kappa shape index (κ1) is 6.74. The largest absolute Gasteiger partial charge is 0.270 e. The van der Waals surface area contributed by atoms with Gasteiger partial charge in [0.15, 0.2) is 0 Å². The molecular formula is C7H8N2O. The average Bonchev–Trinajstić information content (AvgIpc) is 1.94. The second-order valence-electron chi connectivity index (χ2n) is 1.94. The van der Waals surface area contributed by atoms with Crippen molar-refractivity contribution in [3.63, 3.8) is 0 Å². The highest BCUT2D eigenvalue weighted by molar-refractivity contribution is 5.14. The molecule has 1 aromatic heterocycles. The minimum absolute atomic E-state index is 0.152. The van der Waals surface area contributed by atoms with E-state index in [-0.39, 0.29) is 5.56 Å². The summed E-state index contributed by atoms with van der Waals surface area (Å²) in [7, 11) is 0. The predicted molar refractivity (Wildman–Crippen MR) is 39.6 cm³/mol. The highest BCUT2D eigenvalue weighted by Crippen LogP contribution is 1.84. The fraction of sp³-hybridized carbons (Fsp3) is 0.143. The van der Waals surface area contributed by atoms with Gasteiger partial charge in [0.1, 0.15) is 0 Å². The normalized spacial score (nSPS) is 9.30. The standard InChI is InChI=1S/C7H8N2O/c1-3-9-7(10)5-4-6(2)8-9/h3-5H,1H2,2H3. The van der Waals surface area contributed by atoms with Gasteiger partial charge in [0.25, 0.3) is 5.56 Å². The molecule has 0 spiro atoms. The monoisotopic (exact) mass is 136 g/mol. The van der Waals surface area contributed by atoms with Gasteiger partial charge in [-0.1, -0.05) is 6.58 Å². The molecule has 1 heterocycles. The third-order valence-corrected chi connectivity index (χ3v) is 1.13. The molecule has 52 valence electrons. The Morgan fingerprint density at radius 3 is 2.90 bits per heavy atom. The van der Waals surface area contributed by atoms with Crippen LogP contribution in [-0.2, 0) is 0 Å². The molecule has 10 heavy (non-hydrogen) atoms. The van der Waals surface area contributed by atoms with Crippen LogP contribution in [0, 0.1) is 6.92 Å². The summed E-state index contributed by atoms with van der Waals surface area (Å²) in [4.78, 5) is 10.8. The molecule has 0 atom stereocenters. The van der Waals surface area contributed by atoms with Crippen molar-refractivity contribution in [3.05, 3.63) is 34.8 Å². The van der Waals surface area contributed by atoms with Crippen molar-refractivity contribution in [2.24, 2.45) is 0 Å². The molecule has 0 aliphatic carbocycles. The molecule has 0 aliphatic heterocycles. The maximum Gasteiger partial charge on any atom is 0.270 e. The zero-order valence-electron chi connectivity index (χ0n) is 5.74. The summed E-state index contributed by atoms with van der Waals surface area (Å²) < 4.78 is 1.20. The Morgan fingerprint density at radius 1 is 1.70 bits per heavy atom. The molecule has 1 aromatic rings. The van der Waals surface area contributed by atoms with Crippen LogP contribution in [0.2, 0.25) is 0 Å². The van der Waals surface area contributed by atoms with Crippen LogP contribution in [-0.4, -0.2) is 9.78 Å². The molecule has 0 saturated carbocycles. The van der Waals surface area contributed by atoms with E-state index in [9.17, 15) is 4.79 Å². The Hall–Kier alpha value is -1.38. The van der Waals surface area contributed by atoms with Crippen LogP contribution in [0.3, 0.4) is 0 Å². The van der Waals surface area contributed by atoms with Gasteiger partial charge < -0.3 is 0 Å². The third-order valence-electron chi connectivity index (χ3n) is 1.13. The summed E-state index contributed by atoms with van der Waals surface area (Å²) in [6.45, 7) is 5.25. The first-order valence-corrected chi connectivity index (χ1v) is 2.93. The topological polar surface area (TPSA) is 34.9 Å². The first-order valence-electron chi connectivity index (χ1n) is 2.93. The Kier molecular flexibility index (Phi) is 1.67. The average molecular weight is 136 g/mol. The van der Waals surface area contributed by atoms with E-state index in [4.69, 9.17) is 0 Å². The van der Waals surface area contributed by atoms with Crippen LogP contribution in [0.5, 0.6) is 0 Å². The summed E-state index contributed by atoms with van der Waals surface area (Å²) in [5.41, 5.74) is 0.653. The van der Waals surface area contributed by atoms with Crippen molar-refractivity contribution in [2.75, 3.05) is 0 Å². The molecule has 0 aromatic carbocycles. The van der Waals surface area contributed by atoms with Gasteiger partial charge in [0, 0.05) is 12.3 Å². The van der Waals surface area contributed by atoms with Crippen LogP contribution in [0.15, 0.2) is 23.5 Å². The summed E-state index contributed by atoms with van der Waals surface area (Å²) in [5, 5.41) is 3.88. The summed E-state index contributed by atoms with van der Waals surface area (Å²) in [6, 6.07) is 3.13. The molecule has 0 fully saturated rings. The zero-order chi connectivity index (χ0) is 7.56. The van der Waals surface area contributed by atoms with Crippen molar-refractivity contribution < 1.29 is 0 Å². The van der Waals surface area contributed by atoms with Crippen molar-refractivity contribution in [3.8, 4) is 0 Å². The van der Waals surface area contributed by atoms with Crippen LogP contribution >= 0.6 is 0 Å². The summed E-state index contributed by atoms with van der Waals surface area (Å²) in [6.07, 6.45) is 1.38. The molecule has 0 unspecified atom stereocenters. The Labute approximate surface area is 58.6 Å². The maximum absolute atomic E-state index is 10.8. The third kappa shape index (κ3) is 1.13. The van der Waals surface area contributed by atoms with Gasteiger partial charge in [-0.2, -0.15) is 5.10 Å². The maximum atomic E-state index is 10.8. The van der Waals surface area contributed by atoms with Gasteiger partial charge in [0.05, 0.1) is 5.69 Å². The lowest BCUT2D eigenvalue weighted by Gasteiger charge is -1.94. The van der Waals surface area contributed by atoms with Gasteiger partial charge in [-0.05, 0) is 13.0 Å². The molecule has 0 saturated heterocycles. The Balaban J connectivity index is 3.35. The van der Waals surface area contributed by atoms with E-state index in [1.54, 1.807) is 6.07 Å². The van der Waals surface area contributed by atoms with Crippen LogP contribution < -0.4 is 5.56 Å². The quantitative estimate of drug-likeness (QED) is 0.568. The van der Waals surface area contributed by atoms with E-state index >= 15 is 0 Å². The second-order valence-corrected chi connectivity index (χ2v) is 1.94. The first-order chi connectivity index (χ1) is 4.74. The van der Waals surface area contributed by atoms with Gasteiger partial charge in [-0.15, -0.1) is 0 Å². The van der Waals surface area contributed by atoms with E-state index in [2.05, 4.69) is 11.7 Å². The minimum Gasteiger partial charge on any atom is -0.267 e. The van der Waals surface area contributed by atoms with Gasteiger partial charge in [-0.25, -0.2) is 4.68 Å². The van der Waals surface area contributed by atoms with E-state index in [0.717, 1.165) is 5.69 Å². The van der Waals surface area contributed by atoms with Crippen LogP contribution in [0.4, 0.5) is 0 Å². The van der Waals surface area contributed by atoms with Crippen LogP contribution in [0.1, 0.15) is 5.69 Å². The molecule has 0 aliphatic rings. The smallest absolute Gasteiger partial charge is 0.267 e. The number of hydrogen-bond donors (Lipinski definition) is 0. The van der Waals surface area contributed by atoms with Crippen molar-refractivity contribution in [2.45, 2.75) is 6.92 Å². The molecule has 0 bridgehead atoms. The van der Waals surface area contributed by atoms with Crippen molar-refractivity contribution in [1.29, 1.82) is 0 Å². The number of aryl methyl sites for hydroxylation is 1. The Morgan fingerprint density at radius 2 is 2.40 bits per heavy atom. The SMILES string of the molecule is C=Cn1nc(C)ccc1=O. The highest BCUT2D eigenvalue weighted by Gasteiger charge is 1.89. The molecule has 0 radical (unpaired) electrons. The molecule has 0 amide bonds. The van der Waals surface area contributed by atoms with Crippen molar-refractivity contribution >= 4 is 6.20 Å². The van der Waals surface area contributed by atoms with Crippen LogP contribution in [0.25, 0.3) is 6.20 Å². The number of aromatic nitrogens is 2. The molecule has 3 heteroatoms. The zero-order valence-corrected chi connectivity index (χ0v) is 5.74. The Bertz CT molecular complexity index is 301. The van der Waals surface area contributed by atoms with Gasteiger partial charge >= 0.3 is 0 Å². The highest BCUT2D eigenvalue weighted by atomic mass is 16.1. The predicted octanol–water partition coefficient (Wildman–Crippen LogP) is 0.652. The second kappa shape index (κ2) is 2.47. The fourth-order valence-corrected chi connectivity index (χ4v) is 0.652. The van der Waals surface area contributed by atoms with Gasteiger partial charge in [0.2, 0.25) is 0 Å². The molecule has 0 N–H and O–H groups in total. The molecule has 1 rings (SSSR count). The van der Waals surface area contributed by atoms with Crippen molar-refractivity contribution in [1.82, 2.24) is 9.78 Å². The van der Waals surface area contributed by atoms with E-state index in [1.165, 1.54) is 16.9 Å². The lowest BCUT2D eigenvalue weighted by atomic mass is 10.4. The molecule has 3 nitrogen and oxygen atoms in total. The minimum atomic E-state index is -0.152. The summed E-state index contributed by atoms with van der Waals surface area (Å²) in [5.74, 6) is 0. The lowest BCUT2D eigenvalue weighted by Crippen LogP contribution is -2.16. The fourth-order valence-electron chi connectivity index (χ4n) is 0.652. The number of rotatable bonds is 1. The summed E-state index contributed by atoms with van der Waals surface area (Å²) >= 11 is 0.